The van der Waals surface area contributed by atoms with E-state index in [4.69, 9.17) is 18.3 Å². The van der Waals surface area contributed by atoms with Gasteiger partial charge >= 0.3 is 0 Å². The van der Waals surface area contributed by atoms with E-state index in [0.717, 1.165) is 0 Å². The highest BCUT2D eigenvalue weighted by Crippen LogP contribution is 2.39. The minimum Gasteiger partial charge on any atom is -0.414 e. The van der Waals surface area contributed by atoms with Crippen LogP contribution in [0.4, 0.5) is 0 Å². The smallest absolute Gasteiger partial charge is 0.192 e. The highest BCUT2D eigenvalue weighted by Gasteiger charge is 2.47. The SMILES string of the molecule is CC(C)(C)[Si](C)(C)OC[C@@H]1O[C@H]1C[C@@H](O)[C@H](O)C[C@H]1O[C@@H]1CO[Si](C)(C)C(C)(C)C. The van der Waals surface area contributed by atoms with Gasteiger partial charge in [0.05, 0.1) is 37.6 Å². The van der Waals surface area contributed by atoms with Crippen LogP contribution in [0.5, 0.6) is 0 Å². The van der Waals surface area contributed by atoms with E-state index < -0.39 is 28.8 Å². The van der Waals surface area contributed by atoms with E-state index in [1.54, 1.807) is 0 Å². The Kier molecular flexibility index (Phi) is 8.12. The molecule has 2 fully saturated rings. The van der Waals surface area contributed by atoms with Crippen LogP contribution in [0.25, 0.3) is 0 Å². The zero-order valence-electron chi connectivity index (χ0n) is 20.8. The molecule has 8 heteroatoms. The van der Waals surface area contributed by atoms with Crippen molar-refractivity contribution >= 4 is 16.6 Å². The van der Waals surface area contributed by atoms with Crippen molar-refractivity contribution in [1.82, 2.24) is 0 Å². The summed E-state index contributed by atoms with van der Waals surface area (Å²) in [6.45, 7) is 23.4. The number of rotatable bonds is 11. The molecule has 0 bridgehead atoms. The van der Waals surface area contributed by atoms with Crippen molar-refractivity contribution in [3.05, 3.63) is 0 Å². The van der Waals surface area contributed by atoms with Crippen LogP contribution < -0.4 is 0 Å². The average molecular weight is 463 g/mol. The fourth-order valence-corrected chi connectivity index (χ4v) is 4.90. The molecule has 2 saturated heterocycles. The van der Waals surface area contributed by atoms with E-state index in [0.29, 0.717) is 26.1 Å². The molecule has 0 aromatic carbocycles. The molecule has 0 amide bonds. The topological polar surface area (TPSA) is 84.0 Å². The van der Waals surface area contributed by atoms with Gasteiger partial charge in [0.25, 0.3) is 0 Å². The third-order valence-electron chi connectivity index (χ3n) is 7.60. The van der Waals surface area contributed by atoms with Crippen molar-refractivity contribution in [2.75, 3.05) is 13.2 Å². The first-order chi connectivity index (χ1) is 13.4. The molecule has 6 atom stereocenters. The lowest BCUT2D eigenvalue weighted by Gasteiger charge is -2.36. The molecule has 2 aliphatic rings. The second-order valence-electron chi connectivity index (χ2n) is 12.2. The van der Waals surface area contributed by atoms with Crippen LogP contribution in [0.3, 0.4) is 0 Å². The second-order valence-corrected chi connectivity index (χ2v) is 21.8. The standard InChI is InChI=1S/C22H46O6Si2/c1-21(2,3)29(7,8)25-13-19-17(27-19)11-15(23)16(24)12-18-20(28-18)14-26-30(9,10)22(4,5)6/h15-20,23-24H,11-14H2,1-10H3/t15-,16-,17-,18+,19-,20+/m1/s1. The molecule has 30 heavy (non-hydrogen) atoms. The predicted molar refractivity (Wildman–Crippen MR) is 125 cm³/mol. The average Bonchev–Trinajstić information content (AvgIpc) is 3.47. The van der Waals surface area contributed by atoms with Gasteiger partial charge in [0.2, 0.25) is 0 Å². The summed E-state index contributed by atoms with van der Waals surface area (Å²) in [7, 11) is -3.58. The molecule has 0 aliphatic carbocycles. The first kappa shape index (κ1) is 26.4. The number of hydrogen-bond donors (Lipinski definition) is 2. The summed E-state index contributed by atoms with van der Waals surface area (Å²) in [5, 5.41) is 21.1. The molecule has 0 spiro atoms. The van der Waals surface area contributed by atoms with Crippen molar-refractivity contribution in [2.45, 2.75) is 127 Å². The van der Waals surface area contributed by atoms with Crippen molar-refractivity contribution in [1.29, 1.82) is 0 Å². The molecule has 2 aliphatic heterocycles. The molecule has 0 saturated carbocycles. The summed E-state index contributed by atoms with van der Waals surface area (Å²) < 4.78 is 23.7. The van der Waals surface area contributed by atoms with Crippen molar-refractivity contribution in [3.63, 3.8) is 0 Å². The Balaban J connectivity index is 1.64. The van der Waals surface area contributed by atoms with Crippen LogP contribution in [-0.2, 0) is 18.3 Å². The number of aliphatic hydroxyl groups is 2. The van der Waals surface area contributed by atoms with E-state index in [-0.39, 0.29) is 34.5 Å². The number of hydrogen-bond acceptors (Lipinski definition) is 6. The van der Waals surface area contributed by atoms with Gasteiger partial charge in [0.15, 0.2) is 16.6 Å². The van der Waals surface area contributed by atoms with Crippen LogP contribution in [0.15, 0.2) is 0 Å². The zero-order valence-corrected chi connectivity index (χ0v) is 22.8. The maximum absolute atomic E-state index is 10.4. The Bertz CT molecular complexity index is 519. The van der Waals surface area contributed by atoms with Gasteiger partial charge in [-0.1, -0.05) is 41.5 Å². The van der Waals surface area contributed by atoms with Crippen molar-refractivity contribution in [3.8, 4) is 0 Å². The van der Waals surface area contributed by atoms with Crippen LogP contribution >= 0.6 is 0 Å². The van der Waals surface area contributed by atoms with Crippen LogP contribution in [-0.4, -0.2) is 76.7 Å². The molecule has 2 rings (SSSR count). The van der Waals surface area contributed by atoms with E-state index in [2.05, 4.69) is 67.7 Å². The summed E-state index contributed by atoms with van der Waals surface area (Å²) in [5.74, 6) is 0. The van der Waals surface area contributed by atoms with E-state index in [1.165, 1.54) is 0 Å². The van der Waals surface area contributed by atoms with Crippen molar-refractivity contribution in [2.24, 2.45) is 0 Å². The fraction of sp³-hybridized carbons (Fsp3) is 1.00. The molecule has 0 radical (unpaired) electrons. The van der Waals surface area contributed by atoms with Gasteiger partial charge in [-0.3, -0.25) is 0 Å². The van der Waals surface area contributed by atoms with E-state index in [1.807, 2.05) is 0 Å². The van der Waals surface area contributed by atoms with Gasteiger partial charge in [-0.25, -0.2) is 0 Å². The second kappa shape index (κ2) is 9.21. The highest BCUT2D eigenvalue weighted by molar-refractivity contribution is 6.74. The quantitative estimate of drug-likeness (QED) is 0.356. The maximum atomic E-state index is 10.4. The maximum Gasteiger partial charge on any atom is 0.192 e. The van der Waals surface area contributed by atoms with E-state index in [9.17, 15) is 10.2 Å². The third kappa shape index (κ3) is 7.10. The Morgan fingerprint density at radius 1 is 0.667 bits per heavy atom. The predicted octanol–water partition coefficient (Wildman–Crippen LogP) is 4.07. The molecule has 2 N–H and O–H groups in total. The van der Waals surface area contributed by atoms with Crippen LogP contribution in [0.2, 0.25) is 36.3 Å². The molecular weight excluding hydrogens is 416 g/mol. The summed E-state index contributed by atoms with van der Waals surface area (Å²) in [6, 6.07) is 0. The summed E-state index contributed by atoms with van der Waals surface area (Å²) >= 11 is 0. The summed E-state index contributed by atoms with van der Waals surface area (Å²) in [4.78, 5) is 0. The first-order valence-electron chi connectivity index (χ1n) is 11.4. The van der Waals surface area contributed by atoms with Crippen LogP contribution in [0, 0.1) is 0 Å². The van der Waals surface area contributed by atoms with Gasteiger partial charge in [-0.2, -0.15) is 0 Å². The summed E-state index contributed by atoms with van der Waals surface area (Å²) in [6.07, 6.45) is -0.741. The molecule has 178 valence electrons. The summed E-state index contributed by atoms with van der Waals surface area (Å²) in [5.41, 5.74) is 0. The van der Waals surface area contributed by atoms with Gasteiger partial charge in [0, 0.05) is 12.8 Å². The molecule has 0 aromatic heterocycles. The van der Waals surface area contributed by atoms with Crippen LogP contribution in [0.1, 0.15) is 54.4 Å². The molecular formula is C22H46O6Si2. The lowest BCUT2D eigenvalue weighted by molar-refractivity contribution is 0.00207. The number of epoxide rings is 2. The lowest BCUT2D eigenvalue weighted by Crippen LogP contribution is -2.42. The van der Waals surface area contributed by atoms with Gasteiger partial charge in [-0.05, 0) is 36.3 Å². The molecule has 6 nitrogen and oxygen atoms in total. The van der Waals surface area contributed by atoms with Crippen molar-refractivity contribution < 1.29 is 28.5 Å². The minimum atomic E-state index is -1.79. The zero-order chi connectivity index (χ0) is 23.1. The van der Waals surface area contributed by atoms with Gasteiger partial charge < -0.3 is 28.5 Å². The first-order valence-corrected chi connectivity index (χ1v) is 17.2. The van der Waals surface area contributed by atoms with E-state index >= 15 is 0 Å². The minimum absolute atomic E-state index is 0.0303. The lowest BCUT2D eigenvalue weighted by atomic mass is 10.0. The van der Waals surface area contributed by atoms with Gasteiger partial charge in [0.1, 0.15) is 12.2 Å². The Hall–Kier alpha value is 0.194. The number of aliphatic hydroxyl groups excluding tert-OH is 2. The Morgan fingerprint density at radius 3 is 1.23 bits per heavy atom. The highest BCUT2D eigenvalue weighted by atomic mass is 28.4. The molecule has 0 aromatic rings. The fourth-order valence-electron chi connectivity index (χ4n) is 2.87. The Morgan fingerprint density at radius 2 is 0.967 bits per heavy atom. The molecule has 0 unspecified atom stereocenters. The largest absolute Gasteiger partial charge is 0.414 e. The third-order valence-corrected chi connectivity index (χ3v) is 16.6. The normalized spacial score (nSPS) is 29.6. The Labute approximate surface area is 185 Å². The number of ether oxygens (including phenoxy) is 2. The monoisotopic (exact) mass is 462 g/mol. The molecule has 2 heterocycles. The van der Waals surface area contributed by atoms with Gasteiger partial charge in [-0.15, -0.1) is 0 Å².